The Bertz CT molecular complexity index is 240. The summed E-state index contributed by atoms with van der Waals surface area (Å²) in [6.45, 7) is 3.07. The SMILES string of the molecule is CC1(CNC(=O)C2(N)CC2)CCCC1. The quantitative estimate of drug-likeness (QED) is 0.712. The van der Waals surface area contributed by atoms with Gasteiger partial charge >= 0.3 is 0 Å². The molecule has 2 aliphatic rings. The summed E-state index contributed by atoms with van der Waals surface area (Å²) in [5, 5.41) is 3.00. The van der Waals surface area contributed by atoms with Crippen LogP contribution in [0.5, 0.6) is 0 Å². The van der Waals surface area contributed by atoms with Gasteiger partial charge in [0.25, 0.3) is 0 Å². The first-order valence-electron chi connectivity index (χ1n) is 5.61. The molecule has 0 aromatic rings. The van der Waals surface area contributed by atoms with Gasteiger partial charge in [-0.2, -0.15) is 0 Å². The summed E-state index contributed by atoms with van der Waals surface area (Å²) in [6.07, 6.45) is 6.81. The van der Waals surface area contributed by atoms with Crippen LogP contribution in [0.15, 0.2) is 0 Å². The minimum absolute atomic E-state index is 0.0608. The van der Waals surface area contributed by atoms with E-state index in [1.165, 1.54) is 25.7 Å². The molecule has 0 aromatic heterocycles. The maximum atomic E-state index is 11.6. The zero-order valence-electron chi connectivity index (χ0n) is 8.94. The van der Waals surface area contributed by atoms with Crippen molar-refractivity contribution in [2.75, 3.05) is 6.54 Å². The second-order valence-corrected chi connectivity index (χ2v) is 5.36. The predicted molar refractivity (Wildman–Crippen MR) is 55.7 cm³/mol. The Balaban J connectivity index is 1.79. The Morgan fingerprint density at radius 1 is 1.29 bits per heavy atom. The van der Waals surface area contributed by atoms with Gasteiger partial charge in [-0.05, 0) is 31.1 Å². The van der Waals surface area contributed by atoms with Crippen molar-refractivity contribution in [3.05, 3.63) is 0 Å². The van der Waals surface area contributed by atoms with Crippen molar-refractivity contribution in [1.29, 1.82) is 0 Å². The van der Waals surface area contributed by atoms with Crippen LogP contribution < -0.4 is 11.1 Å². The zero-order valence-corrected chi connectivity index (χ0v) is 8.94. The molecule has 3 N–H and O–H groups in total. The van der Waals surface area contributed by atoms with E-state index in [0.717, 1.165) is 19.4 Å². The minimum Gasteiger partial charge on any atom is -0.354 e. The molecular weight excluding hydrogens is 176 g/mol. The lowest BCUT2D eigenvalue weighted by molar-refractivity contribution is -0.123. The van der Waals surface area contributed by atoms with Crippen LogP contribution in [0.4, 0.5) is 0 Å². The molecule has 3 nitrogen and oxygen atoms in total. The highest BCUT2D eigenvalue weighted by Gasteiger charge is 2.46. The van der Waals surface area contributed by atoms with E-state index in [1.54, 1.807) is 0 Å². The van der Waals surface area contributed by atoms with Gasteiger partial charge in [-0.15, -0.1) is 0 Å². The molecule has 2 rings (SSSR count). The van der Waals surface area contributed by atoms with E-state index in [2.05, 4.69) is 12.2 Å². The van der Waals surface area contributed by atoms with Crippen LogP contribution in [0.3, 0.4) is 0 Å². The summed E-state index contributed by atoms with van der Waals surface area (Å²) in [6, 6.07) is 0. The highest BCUT2D eigenvalue weighted by atomic mass is 16.2. The fraction of sp³-hybridized carbons (Fsp3) is 0.909. The molecule has 0 radical (unpaired) electrons. The Labute approximate surface area is 85.4 Å². The van der Waals surface area contributed by atoms with Crippen molar-refractivity contribution < 1.29 is 4.79 Å². The molecule has 3 heteroatoms. The lowest BCUT2D eigenvalue weighted by Crippen LogP contribution is -2.45. The number of nitrogens with one attached hydrogen (secondary N) is 1. The summed E-state index contributed by atoms with van der Waals surface area (Å²) >= 11 is 0. The lowest BCUT2D eigenvalue weighted by Gasteiger charge is -2.24. The van der Waals surface area contributed by atoms with E-state index in [9.17, 15) is 4.79 Å². The first-order chi connectivity index (χ1) is 6.54. The van der Waals surface area contributed by atoms with Gasteiger partial charge in [-0.25, -0.2) is 0 Å². The summed E-state index contributed by atoms with van der Waals surface area (Å²) in [5.41, 5.74) is 5.64. The second-order valence-electron chi connectivity index (χ2n) is 5.36. The third-order valence-corrected chi connectivity index (χ3v) is 3.73. The van der Waals surface area contributed by atoms with E-state index in [1.807, 2.05) is 0 Å². The van der Waals surface area contributed by atoms with Gasteiger partial charge in [0, 0.05) is 6.54 Å². The Morgan fingerprint density at radius 2 is 1.86 bits per heavy atom. The summed E-state index contributed by atoms with van der Waals surface area (Å²) < 4.78 is 0. The molecule has 14 heavy (non-hydrogen) atoms. The summed E-state index contributed by atoms with van der Waals surface area (Å²) in [4.78, 5) is 11.6. The van der Waals surface area contributed by atoms with Crippen molar-refractivity contribution in [1.82, 2.24) is 5.32 Å². The van der Waals surface area contributed by atoms with Crippen LogP contribution >= 0.6 is 0 Å². The average molecular weight is 196 g/mol. The Morgan fingerprint density at radius 3 is 2.36 bits per heavy atom. The van der Waals surface area contributed by atoms with Gasteiger partial charge in [0.2, 0.25) is 5.91 Å². The molecule has 0 atom stereocenters. The lowest BCUT2D eigenvalue weighted by atomic mass is 9.89. The normalized spacial score (nSPS) is 27.3. The Hall–Kier alpha value is -0.570. The third kappa shape index (κ3) is 1.92. The topological polar surface area (TPSA) is 55.1 Å². The van der Waals surface area contributed by atoms with E-state index in [-0.39, 0.29) is 5.91 Å². The highest BCUT2D eigenvalue weighted by Crippen LogP contribution is 2.37. The highest BCUT2D eigenvalue weighted by molar-refractivity contribution is 5.88. The molecule has 0 heterocycles. The molecule has 0 spiro atoms. The van der Waals surface area contributed by atoms with E-state index in [0.29, 0.717) is 5.41 Å². The fourth-order valence-corrected chi connectivity index (χ4v) is 2.24. The van der Waals surface area contributed by atoms with Gasteiger partial charge in [0.1, 0.15) is 0 Å². The number of hydrogen-bond donors (Lipinski definition) is 2. The van der Waals surface area contributed by atoms with Crippen LogP contribution in [0.25, 0.3) is 0 Å². The molecule has 2 fully saturated rings. The number of nitrogens with two attached hydrogens (primary N) is 1. The minimum atomic E-state index is -0.505. The van der Waals surface area contributed by atoms with Crippen LogP contribution in [0, 0.1) is 5.41 Å². The number of carbonyl (C=O) groups excluding carboxylic acids is 1. The largest absolute Gasteiger partial charge is 0.354 e. The van der Waals surface area contributed by atoms with Gasteiger partial charge in [-0.1, -0.05) is 19.8 Å². The molecule has 0 bridgehead atoms. The van der Waals surface area contributed by atoms with Crippen LogP contribution in [-0.4, -0.2) is 18.0 Å². The molecule has 0 unspecified atom stereocenters. The molecular formula is C11H20N2O. The van der Waals surface area contributed by atoms with Crippen molar-refractivity contribution in [3.8, 4) is 0 Å². The third-order valence-electron chi connectivity index (χ3n) is 3.73. The van der Waals surface area contributed by atoms with Gasteiger partial charge in [0.15, 0.2) is 0 Å². The second kappa shape index (κ2) is 3.23. The molecule has 1 amide bonds. The molecule has 80 valence electrons. The number of hydrogen-bond acceptors (Lipinski definition) is 2. The molecule has 2 saturated carbocycles. The first kappa shape index (κ1) is 9.97. The summed E-state index contributed by atoms with van der Waals surface area (Å²) in [5.74, 6) is 0.0608. The van der Waals surface area contributed by atoms with Crippen molar-refractivity contribution in [3.63, 3.8) is 0 Å². The molecule has 0 saturated heterocycles. The fourth-order valence-electron chi connectivity index (χ4n) is 2.24. The molecule has 2 aliphatic carbocycles. The van der Waals surface area contributed by atoms with E-state index >= 15 is 0 Å². The zero-order chi connectivity index (χ0) is 10.2. The number of carbonyl (C=O) groups is 1. The van der Waals surface area contributed by atoms with Crippen LogP contribution in [0.1, 0.15) is 45.4 Å². The van der Waals surface area contributed by atoms with E-state index in [4.69, 9.17) is 5.73 Å². The van der Waals surface area contributed by atoms with Crippen LogP contribution in [-0.2, 0) is 4.79 Å². The maximum absolute atomic E-state index is 11.6. The van der Waals surface area contributed by atoms with E-state index < -0.39 is 5.54 Å². The van der Waals surface area contributed by atoms with Gasteiger partial charge in [0.05, 0.1) is 5.54 Å². The van der Waals surface area contributed by atoms with Gasteiger partial charge in [-0.3, -0.25) is 4.79 Å². The smallest absolute Gasteiger partial charge is 0.240 e. The first-order valence-corrected chi connectivity index (χ1v) is 5.61. The number of rotatable bonds is 3. The van der Waals surface area contributed by atoms with Crippen molar-refractivity contribution in [2.45, 2.75) is 51.0 Å². The maximum Gasteiger partial charge on any atom is 0.240 e. The Kier molecular flexibility index (Phi) is 2.30. The monoisotopic (exact) mass is 196 g/mol. The molecule has 0 aliphatic heterocycles. The molecule has 0 aromatic carbocycles. The average Bonchev–Trinajstić information content (AvgIpc) is 2.75. The van der Waals surface area contributed by atoms with Crippen LogP contribution in [0.2, 0.25) is 0 Å². The standard InChI is InChI=1S/C11H20N2O/c1-10(4-2-3-5-10)8-13-9(14)11(12)6-7-11/h2-8,12H2,1H3,(H,13,14). The summed E-state index contributed by atoms with van der Waals surface area (Å²) in [7, 11) is 0. The predicted octanol–water partition coefficient (Wildman–Crippen LogP) is 1.17. The number of amides is 1. The van der Waals surface area contributed by atoms with Gasteiger partial charge < -0.3 is 11.1 Å². The van der Waals surface area contributed by atoms with Crippen molar-refractivity contribution >= 4 is 5.91 Å². The van der Waals surface area contributed by atoms with Crippen molar-refractivity contribution in [2.24, 2.45) is 11.1 Å².